The predicted molar refractivity (Wildman–Crippen MR) is 87.9 cm³/mol. The molecule has 2 aromatic rings. The van der Waals surface area contributed by atoms with Gasteiger partial charge in [0.05, 0.1) is 12.6 Å². The first-order valence-corrected chi connectivity index (χ1v) is 7.56. The van der Waals surface area contributed by atoms with Crippen LogP contribution in [0.15, 0.2) is 54.6 Å². The summed E-state index contributed by atoms with van der Waals surface area (Å²) in [4.78, 5) is 12.1. The highest BCUT2D eigenvalue weighted by Gasteiger charge is 2.21. The average Bonchev–Trinajstić information content (AvgIpc) is 2.54. The summed E-state index contributed by atoms with van der Waals surface area (Å²) in [6.45, 7) is 0.607. The Morgan fingerprint density at radius 3 is 2.82 bits per heavy atom. The molecule has 0 aliphatic carbocycles. The van der Waals surface area contributed by atoms with Gasteiger partial charge in [-0.3, -0.25) is 4.79 Å². The third-order valence-corrected chi connectivity index (χ3v) is 3.94. The number of rotatable bonds is 3. The molecule has 0 spiro atoms. The van der Waals surface area contributed by atoms with Crippen molar-refractivity contribution in [3.05, 3.63) is 70.8 Å². The summed E-state index contributed by atoms with van der Waals surface area (Å²) in [5.74, 6) is 0.704. The second-order valence-electron chi connectivity index (χ2n) is 5.09. The molecule has 3 nitrogen and oxygen atoms in total. The minimum Gasteiger partial charge on any atom is -0.493 e. The molecule has 0 saturated carbocycles. The number of carbonyl (C=O) groups excluding carboxylic acids is 1. The minimum absolute atomic E-state index is 0.0201. The van der Waals surface area contributed by atoms with E-state index in [1.54, 1.807) is 12.1 Å². The van der Waals surface area contributed by atoms with Crippen molar-refractivity contribution in [2.24, 2.45) is 0 Å². The molecule has 0 bridgehead atoms. The van der Waals surface area contributed by atoms with Gasteiger partial charge in [0.1, 0.15) is 5.75 Å². The summed E-state index contributed by atoms with van der Waals surface area (Å²) in [5, 5.41) is 3.64. The van der Waals surface area contributed by atoms with Crippen molar-refractivity contribution >= 4 is 23.6 Å². The Bertz CT molecular complexity index is 712. The fraction of sp³-hybridized carbons (Fsp3) is 0.167. The first kappa shape index (κ1) is 14.7. The molecule has 112 valence electrons. The molecular weight excluding hydrogens is 298 g/mol. The van der Waals surface area contributed by atoms with Crippen LogP contribution < -0.4 is 10.1 Å². The molecule has 1 aliphatic heterocycles. The van der Waals surface area contributed by atoms with Crippen LogP contribution in [0.3, 0.4) is 0 Å². The van der Waals surface area contributed by atoms with Crippen LogP contribution in [0.5, 0.6) is 5.75 Å². The normalized spacial score (nSPS) is 16.9. The van der Waals surface area contributed by atoms with Crippen molar-refractivity contribution in [3.63, 3.8) is 0 Å². The van der Waals surface area contributed by atoms with Crippen LogP contribution in [-0.4, -0.2) is 12.5 Å². The molecule has 0 radical (unpaired) electrons. The number of para-hydroxylation sites is 1. The zero-order valence-electron chi connectivity index (χ0n) is 12.0. The lowest BCUT2D eigenvalue weighted by molar-refractivity contribution is -0.117. The number of halogens is 1. The standard InChI is InChI=1S/C18H16ClNO2/c19-15-7-3-1-5-13(15)9-10-18(21)20-16-11-12-22-17-8-4-2-6-14(16)17/h1-10,16H,11-12H2,(H,20,21)/b10-9+/t16-/m0/s1. The quantitative estimate of drug-likeness (QED) is 0.870. The molecule has 1 heterocycles. The topological polar surface area (TPSA) is 38.3 Å². The molecule has 2 aromatic carbocycles. The van der Waals surface area contributed by atoms with Crippen molar-refractivity contribution in [1.82, 2.24) is 5.32 Å². The minimum atomic E-state index is -0.137. The Morgan fingerprint density at radius 1 is 1.18 bits per heavy atom. The number of fused-ring (bicyclic) bond motifs is 1. The summed E-state index contributed by atoms with van der Waals surface area (Å²) < 4.78 is 5.59. The molecule has 0 aromatic heterocycles. The fourth-order valence-corrected chi connectivity index (χ4v) is 2.69. The predicted octanol–water partition coefficient (Wildman–Crippen LogP) is 3.99. The van der Waals surface area contributed by atoms with Crippen LogP contribution in [0.1, 0.15) is 23.6 Å². The highest BCUT2D eigenvalue weighted by atomic mass is 35.5. The van der Waals surface area contributed by atoms with Crippen LogP contribution in [0, 0.1) is 0 Å². The lowest BCUT2D eigenvalue weighted by Crippen LogP contribution is -2.30. The number of hydrogen-bond donors (Lipinski definition) is 1. The maximum Gasteiger partial charge on any atom is 0.244 e. The van der Waals surface area contributed by atoms with Crippen LogP contribution in [-0.2, 0) is 4.79 Å². The Kier molecular flexibility index (Phi) is 4.45. The third-order valence-electron chi connectivity index (χ3n) is 3.59. The van der Waals surface area contributed by atoms with E-state index in [2.05, 4.69) is 5.32 Å². The van der Waals surface area contributed by atoms with E-state index in [9.17, 15) is 4.79 Å². The van der Waals surface area contributed by atoms with E-state index < -0.39 is 0 Å². The van der Waals surface area contributed by atoms with E-state index in [1.807, 2.05) is 42.5 Å². The van der Waals surface area contributed by atoms with E-state index in [1.165, 1.54) is 6.08 Å². The van der Waals surface area contributed by atoms with Gasteiger partial charge in [0.25, 0.3) is 0 Å². The van der Waals surface area contributed by atoms with Gasteiger partial charge in [-0.2, -0.15) is 0 Å². The number of benzene rings is 2. The highest BCUT2D eigenvalue weighted by molar-refractivity contribution is 6.32. The molecule has 0 fully saturated rings. The van der Waals surface area contributed by atoms with Gasteiger partial charge in [-0.1, -0.05) is 48.0 Å². The molecule has 1 amide bonds. The Hall–Kier alpha value is -2.26. The van der Waals surface area contributed by atoms with Crippen LogP contribution in [0.2, 0.25) is 5.02 Å². The van der Waals surface area contributed by atoms with Gasteiger partial charge < -0.3 is 10.1 Å². The van der Waals surface area contributed by atoms with Crippen LogP contribution in [0.25, 0.3) is 6.08 Å². The van der Waals surface area contributed by atoms with Crippen molar-refractivity contribution in [2.75, 3.05) is 6.61 Å². The number of carbonyl (C=O) groups is 1. The summed E-state index contributed by atoms with van der Waals surface area (Å²) >= 11 is 6.07. The van der Waals surface area contributed by atoms with E-state index in [-0.39, 0.29) is 11.9 Å². The zero-order valence-corrected chi connectivity index (χ0v) is 12.7. The molecule has 0 saturated heterocycles. The molecular formula is C18H16ClNO2. The number of nitrogens with one attached hydrogen (secondary N) is 1. The second-order valence-corrected chi connectivity index (χ2v) is 5.50. The first-order chi connectivity index (χ1) is 10.7. The molecule has 1 N–H and O–H groups in total. The third kappa shape index (κ3) is 3.31. The molecule has 1 aliphatic rings. The zero-order chi connectivity index (χ0) is 15.4. The highest BCUT2D eigenvalue weighted by Crippen LogP contribution is 2.31. The second kappa shape index (κ2) is 6.67. The van der Waals surface area contributed by atoms with Gasteiger partial charge >= 0.3 is 0 Å². The summed E-state index contributed by atoms with van der Waals surface area (Å²) in [6, 6.07) is 15.2. The maximum absolute atomic E-state index is 12.1. The molecule has 4 heteroatoms. The van der Waals surface area contributed by atoms with Gasteiger partial charge in [0.2, 0.25) is 5.91 Å². The fourth-order valence-electron chi connectivity index (χ4n) is 2.49. The van der Waals surface area contributed by atoms with Crippen molar-refractivity contribution < 1.29 is 9.53 Å². The van der Waals surface area contributed by atoms with Gasteiger partial charge in [0.15, 0.2) is 0 Å². The lowest BCUT2D eigenvalue weighted by atomic mass is 10.0. The first-order valence-electron chi connectivity index (χ1n) is 7.19. The van der Waals surface area contributed by atoms with Crippen LogP contribution in [0.4, 0.5) is 0 Å². The van der Waals surface area contributed by atoms with Gasteiger partial charge in [0, 0.05) is 23.1 Å². The van der Waals surface area contributed by atoms with E-state index in [4.69, 9.17) is 16.3 Å². The molecule has 3 rings (SSSR count). The van der Waals surface area contributed by atoms with E-state index in [0.717, 1.165) is 23.3 Å². The molecule has 22 heavy (non-hydrogen) atoms. The largest absolute Gasteiger partial charge is 0.493 e. The number of ether oxygens (including phenoxy) is 1. The van der Waals surface area contributed by atoms with E-state index >= 15 is 0 Å². The Morgan fingerprint density at radius 2 is 1.95 bits per heavy atom. The van der Waals surface area contributed by atoms with Crippen molar-refractivity contribution in [1.29, 1.82) is 0 Å². The molecule has 0 unspecified atom stereocenters. The van der Waals surface area contributed by atoms with Gasteiger partial charge in [-0.25, -0.2) is 0 Å². The monoisotopic (exact) mass is 313 g/mol. The Balaban J connectivity index is 1.69. The average molecular weight is 314 g/mol. The summed E-state index contributed by atoms with van der Waals surface area (Å²) in [7, 11) is 0. The van der Waals surface area contributed by atoms with Gasteiger partial charge in [-0.15, -0.1) is 0 Å². The van der Waals surface area contributed by atoms with E-state index in [0.29, 0.717) is 11.6 Å². The van der Waals surface area contributed by atoms with Crippen LogP contribution >= 0.6 is 11.6 Å². The molecule has 1 atom stereocenters. The van der Waals surface area contributed by atoms with Crippen molar-refractivity contribution in [2.45, 2.75) is 12.5 Å². The SMILES string of the molecule is O=C(/C=C/c1ccccc1Cl)N[C@H]1CCOc2ccccc21. The summed E-state index contributed by atoms with van der Waals surface area (Å²) in [5.41, 5.74) is 1.85. The number of amides is 1. The lowest BCUT2D eigenvalue weighted by Gasteiger charge is -2.26. The Labute approximate surface area is 134 Å². The summed E-state index contributed by atoms with van der Waals surface area (Å²) in [6.07, 6.45) is 4.00. The smallest absolute Gasteiger partial charge is 0.244 e. The number of hydrogen-bond acceptors (Lipinski definition) is 2. The maximum atomic E-state index is 12.1. The van der Waals surface area contributed by atoms with Crippen molar-refractivity contribution in [3.8, 4) is 5.75 Å². The van der Waals surface area contributed by atoms with Gasteiger partial charge in [-0.05, 0) is 23.8 Å².